The van der Waals surface area contributed by atoms with Crippen LogP contribution >= 0.6 is 0 Å². The second-order valence-electron chi connectivity index (χ2n) is 7.81. The zero-order valence-corrected chi connectivity index (χ0v) is 16.9. The van der Waals surface area contributed by atoms with Crippen molar-refractivity contribution in [1.29, 1.82) is 0 Å². The highest BCUT2D eigenvalue weighted by Gasteiger charge is 2.34. The normalized spacial score (nSPS) is 17.1. The van der Waals surface area contributed by atoms with Crippen molar-refractivity contribution in [2.75, 3.05) is 40.4 Å². The van der Waals surface area contributed by atoms with Gasteiger partial charge >= 0.3 is 6.03 Å². The van der Waals surface area contributed by atoms with Crippen LogP contribution in [0.25, 0.3) is 0 Å². The summed E-state index contributed by atoms with van der Waals surface area (Å²) in [5.74, 6) is 0. The van der Waals surface area contributed by atoms with Crippen LogP contribution in [-0.2, 0) is 10.2 Å². The Labute approximate surface area is 168 Å². The van der Waals surface area contributed by atoms with Gasteiger partial charge < -0.3 is 20.3 Å². The molecule has 2 aromatic rings. The molecule has 1 fully saturated rings. The lowest BCUT2D eigenvalue weighted by molar-refractivity contribution is 0.0506. The number of urea groups is 1. The van der Waals surface area contributed by atoms with Crippen LogP contribution in [0.5, 0.6) is 0 Å². The molecule has 5 heteroatoms. The summed E-state index contributed by atoms with van der Waals surface area (Å²) in [6, 6.07) is 20.4. The lowest BCUT2D eigenvalue weighted by Crippen LogP contribution is -2.48. The highest BCUT2D eigenvalue weighted by atomic mass is 16.5. The van der Waals surface area contributed by atoms with Crippen molar-refractivity contribution in [1.82, 2.24) is 15.5 Å². The first kappa shape index (κ1) is 20.4. The van der Waals surface area contributed by atoms with Crippen molar-refractivity contribution in [2.24, 2.45) is 0 Å². The number of nitrogens with one attached hydrogen (secondary N) is 2. The Hall–Kier alpha value is -2.37. The molecule has 2 aromatic carbocycles. The molecule has 0 spiro atoms. The minimum absolute atomic E-state index is 0.0569. The monoisotopic (exact) mass is 381 g/mol. The molecule has 28 heavy (non-hydrogen) atoms. The summed E-state index contributed by atoms with van der Waals surface area (Å²) in [4.78, 5) is 14.8. The summed E-state index contributed by atoms with van der Waals surface area (Å²) in [6.45, 7) is 2.81. The number of likely N-dealkylation sites (N-methyl/N-ethyl adjacent to an activating group) is 1. The number of hydrogen-bond donors (Lipinski definition) is 2. The largest absolute Gasteiger partial charge is 0.381 e. The van der Waals surface area contributed by atoms with Gasteiger partial charge in [-0.05, 0) is 38.1 Å². The molecule has 1 heterocycles. The van der Waals surface area contributed by atoms with Gasteiger partial charge in [0.2, 0.25) is 0 Å². The van der Waals surface area contributed by atoms with Crippen molar-refractivity contribution in [3.8, 4) is 0 Å². The standard InChI is InChI=1S/C23H31N3O2/c1-26(2)17-21(19-9-5-3-6-10-19)25-22(27)24-18-23(13-15-28-16-14-23)20-11-7-4-8-12-20/h3-12,21H,13-18H2,1-2H3,(H2,24,25,27). The van der Waals surface area contributed by atoms with Crippen LogP contribution in [0.4, 0.5) is 4.79 Å². The zero-order valence-electron chi connectivity index (χ0n) is 16.9. The Morgan fingerprint density at radius 1 is 1.04 bits per heavy atom. The number of amides is 2. The summed E-state index contributed by atoms with van der Waals surface area (Å²) < 4.78 is 5.59. The van der Waals surface area contributed by atoms with Crippen LogP contribution in [0.15, 0.2) is 60.7 Å². The molecule has 2 N–H and O–H groups in total. The number of carbonyl (C=O) groups excluding carboxylic acids is 1. The predicted octanol–water partition coefficient (Wildman–Crippen LogP) is 3.34. The number of rotatable bonds is 7. The first-order chi connectivity index (χ1) is 13.6. The van der Waals surface area contributed by atoms with E-state index < -0.39 is 0 Å². The smallest absolute Gasteiger partial charge is 0.315 e. The first-order valence-corrected chi connectivity index (χ1v) is 9.96. The van der Waals surface area contributed by atoms with Gasteiger partial charge in [-0.2, -0.15) is 0 Å². The van der Waals surface area contributed by atoms with E-state index in [0.29, 0.717) is 6.54 Å². The van der Waals surface area contributed by atoms with Crippen molar-refractivity contribution in [3.63, 3.8) is 0 Å². The fourth-order valence-electron chi connectivity index (χ4n) is 3.86. The van der Waals surface area contributed by atoms with E-state index in [1.807, 2.05) is 38.4 Å². The molecule has 0 aliphatic carbocycles. The molecule has 0 saturated carbocycles. The molecule has 5 nitrogen and oxygen atoms in total. The molecule has 1 unspecified atom stereocenters. The highest BCUT2D eigenvalue weighted by Crippen LogP contribution is 2.34. The van der Waals surface area contributed by atoms with Crippen LogP contribution in [0.2, 0.25) is 0 Å². The van der Waals surface area contributed by atoms with Gasteiger partial charge in [0.05, 0.1) is 6.04 Å². The quantitative estimate of drug-likeness (QED) is 0.773. The van der Waals surface area contributed by atoms with E-state index >= 15 is 0 Å². The van der Waals surface area contributed by atoms with Crippen LogP contribution < -0.4 is 10.6 Å². The molecule has 1 aliphatic heterocycles. The fraction of sp³-hybridized carbons (Fsp3) is 0.435. The molecule has 2 amide bonds. The lowest BCUT2D eigenvalue weighted by atomic mass is 9.74. The van der Waals surface area contributed by atoms with E-state index in [1.165, 1.54) is 5.56 Å². The lowest BCUT2D eigenvalue weighted by Gasteiger charge is -2.38. The fourth-order valence-corrected chi connectivity index (χ4v) is 3.86. The molecule has 0 radical (unpaired) electrons. The second kappa shape index (κ2) is 9.71. The van der Waals surface area contributed by atoms with Crippen LogP contribution in [0.1, 0.15) is 30.0 Å². The summed E-state index contributed by atoms with van der Waals surface area (Å²) >= 11 is 0. The Morgan fingerprint density at radius 2 is 1.64 bits per heavy atom. The SMILES string of the molecule is CN(C)CC(NC(=O)NCC1(c2ccccc2)CCOCC1)c1ccccc1. The molecular weight excluding hydrogens is 350 g/mol. The maximum atomic E-state index is 12.8. The third-order valence-electron chi connectivity index (χ3n) is 5.48. The Morgan fingerprint density at radius 3 is 2.25 bits per heavy atom. The second-order valence-corrected chi connectivity index (χ2v) is 7.81. The van der Waals surface area contributed by atoms with Gasteiger partial charge in [-0.25, -0.2) is 4.79 Å². The molecule has 1 atom stereocenters. The zero-order chi connectivity index (χ0) is 19.8. The van der Waals surface area contributed by atoms with Gasteiger partial charge in [-0.15, -0.1) is 0 Å². The van der Waals surface area contributed by atoms with E-state index in [2.05, 4.69) is 51.9 Å². The van der Waals surface area contributed by atoms with Gasteiger partial charge in [0.15, 0.2) is 0 Å². The van der Waals surface area contributed by atoms with Crippen LogP contribution in [0, 0.1) is 0 Å². The maximum Gasteiger partial charge on any atom is 0.315 e. The molecule has 0 bridgehead atoms. The molecule has 150 valence electrons. The minimum atomic E-state index is -0.127. The first-order valence-electron chi connectivity index (χ1n) is 9.96. The van der Waals surface area contributed by atoms with Crippen LogP contribution in [0.3, 0.4) is 0 Å². The van der Waals surface area contributed by atoms with Crippen molar-refractivity contribution < 1.29 is 9.53 Å². The number of carbonyl (C=O) groups is 1. The van der Waals surface area contributed by atoms with E-state index in [-0.39, 0.29) is 17.5 Å². The predicted molar refractivity (Wildman–Crippen MR) is 112 cm³/mol. The molecule has 3 rings (SSSR count). The molecule has 0 aromatic heterocycles. The van der Waals surface area contributed by atoms with Gasteiger partial charge in [0, 0.05) is 31.7 Å². The van der Waals surface area contributed by atoms with Crippen molar-refractivity contribution in [2.45, 2.75) is 24.3 Å². The van der Waals surface area contributed by atoms with E-state index in [1.54, 1.807) is 0 Å². The Kier molecular flexibility index (Phi) is 7.06. The van der Waals surface area contributed by atoms with Gasteiger partial charge in [0.1, 0.15) is 0 Å². The number of ether oxygens (including phenoxy) is 1. The maximum absolute atomic E-state index is 12.8. The third kappa shape index (κ3) is 5.33. The topological polar surface area (TPSA) is 53.6 Å². The average Bonchev–Trinajstić information content (AvgIpc) is 2.73. The third-order valence-corrected chi connectivity index (χ3v) is 5.48. The number of benzene rings is 2. The molecular formula is C23H31N3O2. The summed E-state index contributed by atoms with van der Waals surface area (Å²) in [7, 11) is 4.03. The number of nitrogens with zero attached hydrogens (tertiary/aromatic N) is 1. The van der Waals surface area contributed by atoms with Crippen molar-refractivity contribution >= 4 is 6.03 Å². The number of hydrogen-bond acceptors (Lipinski definition) is 3. The Bertz CT molecular complexity index is 728. The summed E-state index contributed by atoms with van der Waals surface area (Å²) in [5, 5.41) is 6.29. The molecule has 1 aliphatic rings. The van der Waals surface area contributed by atoms with Gasteiger partial charge in [-0.3, -0.25) is 0 Å². The van der Waals surface area contributed by atoms with Gasteiger partial charge in [0.25, 0.3) is 0 Å². The van der Waals surface area contributed by atoms with E-state index in [4.69, 9.17) is 4.74 Å². The van der Waals surface area contributed by atoms with Crippen LogP contribution in [-0.4, -0.2) is 51.3 Å². The average molecular weight is 382 g/mol. The minimum Gasteiger partial charge on any atom is -0.381 e. The van der Waals surface area contributed by atoms with E-state index in [9.17, 15) is 4.79 Å². The van der Waals surface area contributed by atoms with E-state index in [0.717, 1.165) is 38.2 Å². The summed E-state index contributed by atoms with van der Waals surface area (Å²) in [5.41, 5.74) is 2.31. The highest BCUT2D eigenvalue weighted by molar-refractivity contribution is 5.74. The van der Waals surface area contributed by atoms with Gasteiger partial charge in [-0.1, -0.05) is 60.7 Å². The molecule has 1 saturated heterocycles. The van der Waals surface area contributed by atoms with Crippen molar-refractivity contribution in [3.05, 3.63) is 71.8 Å². The Balaban J connectivity index is 1.67. The summed E-state index contributed by atoms with van der Waals surface area (Å²) in [6.07, 6.45) is 1.83.